The molecule has 1 atom stereocenters. The largest absolute Gasteiger partial charge is 0.573 e. The molecule has 1 aromatic carbocycles. The van der Waals surface area contributed by atoms with Gasteiger partial charge < -0.3 is 4.74 Å². The van der Waals surface area contributed by atoms with Gasteiger partial charge in [0, 0.05) is 6.04 Å². The third-order valence-electron chi connectivity index (χ3n) is 3.44. The highest BCUT2D eigenvalue weighted by molar-refractivity contribution is 5.29. The SMILES string of the molecule is CCC(CC)CC(NN)c1ccc(OC(F)(F)F)cc1. The Morgan fingerprint density at radius 3 is 2.10 bits per heavy atom. The molecule has 3 nitrogen and oxygen atoms in total. The van der Waals surface area contributed by atoms with Crippen molar-refractivity contribution in [2.45, 2.75) is 45.5 Å². The zero-order valence-corrected chi connectivity index (χ0v) is 11.7. The van der Waals surface area contributed by atoms with Crippen molar-refractivity contribution in [3.05, 3.63) is 29.8 Å². The van der Waals surface area contributed by atoms with Gasteiger partial charge in [-0.15, -0.1) is 13.2 Å². The minimum absolute atomic E-state index is 0.0696. The van der Waals surface area contributed by atoms with Gasteiger partial charge in [0.1, 0.15) is 5.75 Å². The summed E-state index contributed by atoms with van der Waals surface area (Å²) in [5.74, 6) is 5.85. The van der Waals surface area contributed by atoms with Gasteiger partial charge in [0.05, 0.1) is 0 Å². The topological polar surface area (TPSA) is 47.3 Å². The minimum atomic E-state index is -4.66. The lowest BCUT2D eigenvalue weighted by atomic mass is 9.91. The average Bonchev–Trinajstić information content (AvgIpc) is 2.40. The minimum Gasteiger partial charge on any atom is -0.406 e. The molecule has 0 saturated carbocycles. The number of hydrazine groups is 1. The number of hydrogen-bond acceptors (Lipinski definition) is 3. The molecule has 0 aromatic heterocycles. The van der Waals surface area contributed by atoms with Crippen molar-refractivity contribution in [3.63, 3.8) is 0 Å². The van der Waals surface area contributed by atoms with Crippen LogP contribution in [0.2, 0.25) is 0 Å². The normalized spacial score (nSPS) is 13.6. The Bertz CT molecular complexity index is 388. The zero-order valence-electron chi connectivity index (χ0n) is 11.7. The number of nitrogens with one attached hydrogen (secondary N) is 1. The van der Waals surface area contributed by atoms with E-state index in [1.54, 1.807) is 12.1 Å². The van der Waals surface area contributed by atoms with Gasteiger partial charge in [-0.05, 0) is 30.0 Å². The highest BCUT2D eigenvalue weighted by atomic mass is 19.4. The van der Waals surface area contributed by atoms with Gasteiger partial charge in [0.2, 0.25) is 0 Å². The lowest BCUT2D eigenvalue weighted by molar-refractivity contribution is -0.274. The number of alkyl halides is 3. The van der Waals surface area contributed by atoms with Crippen LogP contribution in [0.1, 0.15) is 44.7 Å². The fourth-order valence-electron chi connectivity index (χ4n) is 2.16. The van der Waals surface area contributed by atoms with Gasteiger partial charge in [-0.2, -0.15) is 0 Å². The molecular formula is C14H21F3N2O. The fourth-order valence-corrected chi connectivity index (χ4v) is 2.16. The van der Waals surface area contributed by atoms with Crippen LogP contribution < -0.4 is 16.0 Å². The summed E-state index contributed by atoms with van der Waals surface area (Å²) >= 11 is 0. The van der Waals surface area contributed by atoms with Crippen LogP contribution in [0.15, 0.2) is 24.3 Å². The molecule has 20 heavy (non-hydrogen) atoms. The number of rotatable bonds is 7. The van der Waals surface area contributed by atoms with E-state index in [-0.39, 0.29) is 11.8 Å². The summed E-state index contributed by atoms with van der Waals surface area (Å²) < 4.78 is 40.1. The second-order valence-electron chi connectivity index (χ2n) is 4.75. The molecule has 0 aliphatic carbocycles. The monoisotopic (exact) mass is 290 g/mol. The third-order valence-corrected chi connectivity index (χ3v) is 3.44. The molecule has 0 aliphatic rings. The van der Waals surface area contributed by atoms with Crippen LogP contribution in [0.5, 0.6) is 5.75 Å². The Kier molecular flexibility index (Phi) is 6.29. The van der Waals surface area contributed by atoms with E-state index in [1.165, 1.54) is 12.1 Å². The van der Waals surface area contributed by atoms with Crippen molar-refractivity contribution < 1.29 is 17.9 Å². The van der Waals surface area contributed by atoms with Gasteiger partial charge in [-0.3, -0.25) is 11.3 Å². The standard InChI is InChI=1S/C14H21F3N2O/c1-3-10(4-2)9-13(19-18)11-5-7-12(8-6-11)20-14(15,16)17/h5-8,10,13,19H,3-4,9,18H2,1-2H3. The van der Waals surface area contributed by atoms with Crippen molar-refractivity contribution in [1.82, 2.24) is 5.43 Å². The van der Waals surface area contributed by atoms with Crippen LogP contribution in [0.25, 0.3) is 0 Å². The molecule has 0 fully saturated rings. The van der Waals surface area contributed by atoms with E-state index in [2.05, 4.69) is 24.0 Å². The maximum absolute atomic E-state index is 12.1. The van der Waals surface area contributed by atoms with Crippen molar-refractivity contribution in [2.75, 3.05) is 0 Å². The average molecular weight is 290 g/mol. The Hall–Kier alpha value is -1.27. The zero-order chi connectivity index (χ0) is 15.2. The molecule has 0 saturated heterocycles. The van der Waals surface area contributed by atoms with Crippen LogP contribution in [0.3, 0.4) is 0 Å². The van der Waals surface area contributed by atoms with Gasteiger partial charge >= 0.3 is 6.36 Å². The lowest BCUT2D eigenvalue weighted by Gasteiger charge is -2.22. The molecular weight excluding hydrogens is 269 g/mol. The Morgan fingerprint density at radius 2 is 1.70 bits per heavy atom. The highest BCUT2D eigenvalue weighted by Gasteiger charge is 2.31. The summed E-state index contributed by atoms with van der Waals surface area (Å²) in [6.45, 7) is 4.23. The summed E-state index contributed by atoms with van der Waals surface area (Å²) in [7, 11) is 0. The lowest BCUT2D eigenvalue weighted by Crippen LogP contribution is -2.29. The van der Waals surface area contributed by atoms with Crippen LogP contribution >= 0.6 is 0 Å². The van der Waals surface area contributed by atoms with Crippen LogP contribution in [-0.2, 0) is 0 Å². The molecule has 0 bridgehead atoms. The van der Waals surface area contributed by atoms with Crippen molar-refractivity contribution in [1.29, 1.82) is 0 Å². The van der Waals surface area contributed by atoms with E-state index in [4.69, 9.17) is 5.84 Å². The van der Waals surface area contributed by atoms with E-state index in [0.29, 0.717) is 5.92 Å². The molecule has 1 unspecified atom stereocenters. The maximum atomic E-state index is 12.1. The van der Waals surface area contributed by atoms with Gasteiger partial charge in [-0.1, -0.05) is 38.8 Å². The summed E-state index contributed by atoms with van der Waals surface area (Å²) in [5.41, 5.74) is 3.58. The molecule has 1 aromatic rings. The fraction of sp³-hybridized carbons (Fsp3) is 0.571. The number of benzene rings is 1. The Balaban J connectivity index is 2.74. The molecule has 0 heterocycles. The van der Waals surface area contributed by atoms with E-state index in [0.717, 1.165) is 24.8 Å². The van der Waals surface area contributed by atoms with Crippen LogP contribution in [0.4, 0.5) is 13.2 Å². The van der Waals surface area contributed by atoms with Crippen molar-refractivity contribution >= 4 is 0 Å². The number of nitrogens with two attached hydrogens (primary N) is 1. The molecule has 114 valence electrons. The Morgan fingerprint density at radius 1 is 1.15 bits per heavy atom. The summed E-state index contributed by atoms with van der Waals surface area (Å²) in [6.07, 6.45) is -1.72. The van der Waals surface area contributed by atoms with Crippen LogP contribution in [0, 0.1) is 5.92 Å². The first-order valence-electron chi connectivity index (χ1n) is 6.71. The molecule has 0 aliphatic heterocycles. The number of ether oxygens (including phenoxy) is 1. The van der Waals surface area contributed by atoms with E-state index in [9.17, 15) is 13.2 Å². The summed E-state index contributed by atoms with van der Waals surface area (Å²) in [4.78, 5) is 0. The smallest absolute Gasteiger partial charge is 0.406 e. The molecule has 0 spiro atoms. The van der Waals surface area contributed by atoms with E-state index in [1.807, 2.05) is 0 Å². The first-order chi connectivity index (χ1) is 9.39. The van der Waals surface area contributed by atoms with E-state index >= 15 is 0 Å². The van der Waals surface area contributed by atoms with E-state index < -0.39 is 6.36 Å². The third kappa shape index (κ3) is 5.38. The van der Waals surface area contributed by atoms with Crippen LogP contribution in [-0.4, -0.2) is 6.36 Å². The number of hydrogen-bond donors (Lipinski definition) is 2. The summed E-state index contributed by atoms with van der Waals surface area (Å²) in [5, 5.41) is 0. The predicted octanol–water partition coefficient (Wildman–Crippen LogP) is 3.92. The molecule has 6 heteroatoms. The second-order valence-corrected chi connectivity index (χ2v) is 4.75. The highest BCUT2D eigenvalue weighted by Crippen LogP contribution is 2.28. The molecule has 0 radical (unpaired) electrons. The van der Waals surface area contributed by atoms with Gasteiger partial charge in [0.25, 0.3) is 0 Å². The first-order valence-corrected chi connectivity index (χ1v) is 6.71. The predicted molar refractivity (Wildman–Crippen MR) is 71.9 cm³/mol. The second kappa shape index (κ2) is 7.50. The molecule has 1 rings (SSSR count). The van der Waals surface area contributed by atoms with Gasteiger partial charge in [-0.25, -0.2) is 0 Å². The summed E-state index contributed by atoms with van der Waals surface area (Å²) in [6, 6.07) is 5.75. The molecule has 3 N–H and O–H groups in total. The van der Waals surface area contributed by atoms with Crippen molar-refractivity contribution in [3.8, 4) is 5.75 Å². The van der Waals surface area contributed by atoms with Crippen molar-refractivity contribution in [2.24, 2.45) is 11.8 Å². The quantitative estimate of drug-likeness (QED) is 0.591. The van der Waals surface area contributed by atoms with Gasteiger partial charge in [0.15, 0.2) is 0 Å². The Labute approximate surface area is 117 Å². The number of halogens is 3. The molecule has 0 amide bonds. The maximum Gasteiger partial charge on any atom is 0.573 e. The first kappa shape index (κ1) is 16.8.